The lowest BCUT2D eigenvalue weighted by molar-refractivity contribution is -0.0229. The Balaban J connectivity index is 2.19. The molecule has 82 valence electrons. The molecule has 1 aromatic rings. The molecule has 4 atom stereocenters. The van der Waals surface area contributed by atoms with Crippen molar-refractivity contribution in [2.75, 3.05) is 6.61 Å². The summed E-state index contributed by atoms with van der Waals surface area (Å²) in [6, 6.07) is 0. The van der Waals surface area contributed by atoms with Gasteiger partial charge in [-0.25, -0.2) is 9.97 Å². The van der Waals surface area contributed by atoms with E-state index >= 15 is 0 Å². The molecule has 0 spiro atoms. The molecule has 0 saturated carbocycles. The molecule has 0 radical (unpaired) electrons. The van der Waals surface area contributed by atoms with Gasteiger partial charge < -0.3 is 20.1 Å². The van der Waals surface area contributed by atoms with Gasteiger partial charge in [0.1, 0.15) is 30.7 Å². The van der Waals surface area contributed by atoms with E-state index in [4.69, 9.17) is 9.84 Å². The first kappa shape index (κ1) is 10.4. The van der Waals surface area contributed by atoms with Crippen molar-refractivity contribution in [1.29, 1.82) is 0 Å². The number of aliphatic hydroxyl groups is 3. The van der Waals surface area contributed by atoms with Crippen LogP contribution in [0.25, 0.3) is 0 Å². The lowest BCUT2D eigenvalue weighted by Gasteiger charge is -2.13. The van der Waals surface area contributed by atoms with E-state index in [1.54, 1.807) is 0 Å². The summed E-state index contributed by atoms with van der Waals surface area (Å²) >= 11 is 0. The Bertz CT molecular complexity index is 321. The lowest BCUT2D eigenvalue weighted by atomic mass is 10.0. The predicted octanol–water partition coefficient (Wildman–Crippen LogP) is -1.37. The fourth-order valence-electron chi connectivity index (χ4n) is 1.63. The molecule has 1 aromatic heterocycles. The highest BCUT2D eigenvalue weighted by molar-refractivity contribution is 5.12. The first-order valence-corrected chi connectivity index (χ1v) is 4.61. The van der Waals surface area contributed by atoms with Gasteiger partial charge in [0, 0.05) is 18.0 Å². The minimum absolute atomic E-state index is 0.331. The summed E-state index contributed by atoms with van der Waals surface area (Å²) in [5.41, 5.74) is 0.583. The number of aromatic nitrogens is 2. The summed E-state index contributed by atoms with van der Waals surface area (Å²) in [4.78, 5) is 7.59. The van der Waals surface area contributed by atoms with Crippen molar-refractivity contribution in [2.45, 2.75) is 24.4 Å². The van der Waals surface area contributed by atoms with Crippen LogP contribution in [0.3, 0.4) is 0 Å². The van der Waals surface area contributed by atoms with Crippen molar-refractivity contribution in [3.05, 3.63) is 24.3 Å². The van der Waals surface area contributed by atoms with E-state index < -0.39 is 24.4 Å². The van der Waals surface area contributed by atoms with Gasteiger partial charge in [-0.3, -0.25) is 0 Å². The largest absolute Gasteiger partial charge is 0.394 e. The zero-order valence-corrected chi connectivity index (χ0v) is 7.89. The number of aliphatic hydroxyl groups excluding tert-OH is 3. The quantitative estimate of drug-likeness (QED) is 0.560. The molecule has 0 unspecified atom stereocenters. The number of rotatable bonds is 2. The number of hydrogen-bond acceptors (Lipinski definition) is 6. The number of hydrogen-bond donors (Lipinski definition) is 3. The van der Waals surface area contributed by atoms with Crippen molar-refractivity contribution in [2.24, 2.45) is 0 Å². The molecule has 1 fully saturated rings. The Morgan fingerprint density at radius 3 is 2.40 bits per heavy atom. The van der Waals surface area contributed by atoms with Crippen molar-refractivity contribution in [3.8, 4) is 0 Å². The highest BCUT2D eigenvalue weighted by atomic mass is 16.6. The third kappa shape index (κ3) is 1.84. The molecule has 1 saturated heterocycles. The minimum atomic E-state index is -1.08. The summed E-state index contributed by atoms with van der Waals surface area (Å²) in [5.74, 6) is 0. The van der Waals surface area contributed by atoms with E-state index in [2.05, 4.69) is 9.97 Å². The second-order valence-electron chi connectivity index (χ2n) is 3.43. The molecule has 3 N–H and O–H groups in total. The van der Waals surface area contributed by atoms with Crippen molar-refractivity contribution in [1.82, 2.24) is 9.97 Å². The molecular formula is C9H12N2O4. The van der Waals surface area contributed by atoms with Crippen LogP contribution >= 0.6 is 0 Å². The van der Waals surface area contributed by atoms with Gasteiger partial charge in [-0.2, -0.15) is 0 Å². The smallest absolute Gasteiger partial charge is 0.115 e. The Kier molecular flexibility index (Phi) is 2.92. The van der Waals surface area contributed by atoms with Crippen LogP contribution in [0, 0.1) is 0 Å². The third-order valence-electron chi connectivity index (χ3n) is 2.45. The van der Waals surface area contributed by atoms with Gasteiger partial charge in [-0.15, -0.1) is 0 Å². The van der Waals surface area contributed by atoms with E-state index in [1.165, 1.54) is 18.7 Å². The normalized spacial score (nSPS) is 35.7. The van der Waals surface area contributed by atoms with Crippen LogP contribution in [-0.4, -0.2) is 50.2 Å². The highest BCUT2D eigenvalue weighted by Gasteiger charge is 2.43. The minimum Gasteiger partial charge on any atom is -0.394 e. The third-order valence-corrected chi connectivity index (χ3v) is 2.45. The Morgan fingerprint density at radius 1 is 1.20 bits per heavy atom. The van der Waals surface area contributed by atoms with Crippen LogP contribution in [0.5, 0.6) is 0 Å². The maximum absolute atomic E-state index is 9.67. The summed E-state index contributed by atoms with van der Waals surface area (Å²) in [6.07, 6.45) is 0.794. The molecule has 0 bridgehead atoms. The number of nitrogens with zero attached hydrogens (tertiary/aromatic N) is 2. The molecular weight excluding hydrogens is 200 g/mol. The number of ether oxygens (including phenoxy) is 1. The second kappa shape index (κ2) is 4.19. The van der Waals surface area contributed by atoms with Gasteiger partial charge in [-0.05, 0) is 0 Å². The fourth-order valence-corrected chi connectivity index (χ4v) is 1.63. The summed E-state index contributed by atoms with van der Waals surface area (Å²) in [5, 5.41) is 28.1. The van der Waals surface area contributed by atoms with E-state index in [9.17, 15) is 10.2 Å². The average molecular weight is 212 g/mol. The van der Waals surface area contributed by atoms with Gasteiger partial charge in [0.25, 0.3) is 0 Å². The first-order valence-electron chi connectivity index (χ1n) is 4.61. The summed E-state index contributed by atoms with van der Waals surface area (Å²) in [6.45, 7) is -0.331. The van der Waals surface area contributed by atoms with Gasteiger partial charge >= 0.3 is 0 Å². The Labute approximate surface area is 86.2 Å². The van der Waals surface area contributed by atoms with Crippen LogP contribution < -0.4 is 0 Å². The first-order chi connectivity index (χ1) is 7.24. The average Bonchev–Trinajstić information content (AvgIpc) is 2.57. The predicted molar refractivity (Wildman–Crippen MR) is 48.7 cm³/mol. The molecule has 6 nitrogen and oxygen atoms in total. The van der Waals surface area contributed by atoms with Gasteiger partial charge in [0.2, 0.25) is 0 Å². The van der Waals surface area contributed by atoms with Gasteiger partial charge in [0.05, 0.1) is 6.61 Å². The van der Waals surface area contributed by atoms with E-state index in [1.807, 2.05) is 0 Å². The molecule has 1 aliphatic rings. The zero-order valence-electron chi connectivity index (χ0n) is 7.89. The topological polar surface area (TPSA) is 95.7 Å². The molecule has 0 amide bonds. The lowest BCUT2D eigenvalue weighted by Crippen LogP contribution is -2.32. The zero-order chi connectivity index (χ0) is 10.8. The molecule has 0 aliphatic carbocycles. The van der Waals surface area contributed by atoms with E-state index in [0.29, 0.717) is 5.56 Å². The molecule has 0 aromatic carbocycles. The standard InChI is InChI=1S/C9H12N2O4/c12-3-6-7(13)8(14)9(15-6)5-1-10-4-11-2-5/h1-2,4,6-9,12-14H,3H2/t6-,7-,8+,9+/m1/s1. The Hall–Kier alpha value is -1.08. The van der Waals surface area contributed by atoms with Crippen LogP contribution in [0.15, 0.2) is 18.7 Å². The maximum Gasteiger partial charge on any atom is 0.115 e. The van der Waals surface area contributed by atoms with E-state index in [-0.39, 0.29) is 6.61 Å². The molecule has 2 heterocycles. The molecule has 15 heavy (non-hydrogen) atoms. The van der Waals surface area contributed by atoms with Crippen molar-refractivity contribution >= 4 is 0 Å². The molecule has 1 aliphatic heterocycles. The van der Waals surface area contributed by atoms with Crippen LogP contribution in [0.2, 0.25) is 0 Å². The van der Waals surface area contributed by atoms with Crippen molar-refractivity contribution in [3.63, 3.8) is 0 Å². The second-order valence-corrected chi connectivity index (χ2v) is 3.43. The summed E-state index contributed by atoms with van der Waals surface area (Å²) in [7, 11) is 0. The van der Waals surface area contributed by atoms with Gasteiger partial charge in [-0.1, -0.05) is 0 Å². The SMILES string of the molecule is OC[C@H]1O[C@@H](c2cncnc2)[C@@H](O)[C@@H]1O. The maximum atomic E-state index is 9.67. The fraction of sp³-hybridized carbons (Fsp3) is 0.556. The summed E-state index contributed by atoms with van der Waals surface area (Å²) < 4.78 is 5.29. The van der Waals surface area contributed by atoms with Crippen LogP contribution in [0.1, 0.15) is 11.7 Å². The highest BCUT2D eigenvalue weighted by Crippen LogP contribution is 2.32. The van der Waals surface area contributed by atoms with Crippen molar-refractivity contribution < 1.29 is 20.1 Å². The van der Waals surface area contributed by atoms with Crippen LogP contribution in [-0.2, 0) is 4.74 Å². The Morgan fingerprint density at radius 2 is 1.87 bits per heavy atom. The van der Waals surface area contributed by atoms with Gasteiger partial charge in [0.15, 0.2) is 0 Å². The molecule has 2 rings (SSSR count). The monoisotopic (exact) mass is 212 g/mol. The van der Waals surface area contributed by atoms with Crippen LogP contribution in [0.4, 0.5) is 0 Å². The molecule has 6 heteroatoms. The van der Waals surface area contributed by atoms with E-state index in [0.717, 1.165) is 0 Å².